The van der Waals surface area contributed by atoms with Crippen LogP contribution in [0.2, 0.25) is 0 Å². The summed E-state index contributed by atoms with van der Waals surface area (Å²) in [6, 6.07) is 11.3. The summed E-state index contributed by atoms with van der Waals surface area (Å²) in [7, 11) is -2.98. The van der Waals surface area contributed by atoms with Gasteiger partial charge in [0.25, 0.3) is 0 Å². The number of ether oxygens (including phenoxy) is 2. The highest BCUT2D eigenvalue weighted by molar-refractivity contribution is 7.91. The molecule has 1 unspecified atom stereocenters. The Morgan fingerprint density at radius 3 is 2.76 bits per heavy atom. The van der Waals surface area contributed by atoms with Crippen molar-refractivity contribution in [2.24, 2.45) is 0 Å². The number of nitrogens with zero attached hydrogens (tertiary/aromatic N) is 1. The van der Waals surface area contributed by atoms with Gasteiger partial charge in [-0.25, -0.2) is 8.42 Å². The first-order chi connectivity index (χ1) is 13.9. The van der Waals surface area contributed by atoms with Crippen molar-refractivity contribution < 1.29 is 22.7 Å². The second-order valence-corrected chi connectivity index (χ2v) is 10.0. The summed E-state index contributed by atoms with van der Waals surface area (Å²) in [6.45, 7) is 2.83. The normalized spacial score (nSPS) is 24.1. The minimum Gasteiger partial charge on any atom is -0.478 e. The molecule has 150 valence electrons. The van der Waals surface area contributed by atoms with Gasteiger partial charge in [0.2, 0.25) is 5.78 Å². The van der Waals surface area contributed by atoms with Crippen LogP contribution in [0.5, 0.6) is 11.5 Å². The highest BCUT2D eigenvalue weighted by Gasteiger charge is 2.38. The van der Waals surface area contributed by atoms with Gasteiger partial charge in [-0.1, -0.05) is 24.3 Å². The number of sulfone groups is 1. The fourth-order valence-electron chi connectivity index (χ4n) is 4.16. The van der Waals surface area contributed by atoms with E-state index in [2.05, 4.69) is 0 Å². The zero-order chi connectivity index (χ0) is 20.2. The molecule has 0 saturated carbocycles. The number of carbonyl (C=O) groups excluding carboxylic acids is 1. The summed E-state index contributed by atoms with van der Waals surface area (Å²) in [5.41, 5.74) is 3.32. The largest absolute Gasteiger partial charge is 0.478 e. The predicted octanol–water partition coefficient (Wildman–Crippen LogP) is 2.95. The summed E-state index contributed by atoms with van der Waals surface area (Å²) in [5.74, 6) is 1.73. The van der Waals surface area contributed by atoms with Crippen molar-refractivity contribution in [1.29, 1.82) is 0 Å². The summed E-state index contributed by atoms with van der Waals surface area (Å²) < 4.78 is 35.6. The van der Waals surface area contributed by atoms with Gasteiger partial charge in [0.1, 0.15) is 18.2 Å². The highest BCUT2D eigenvalue weighted by Crippen LogP contribution is 2.42. The lowest BCUT2D eigenvalue weighted by Crippen LogP contribution is -2.41. The van der Waals surface area contributed by atoms with Crippen LogP contribution in [0.25, 0.3) is 6.08 Å². The molecule has 7 heteroatoms. The molecule has 3 heterocycles. The lowest BCUT2D eigenvalue weighted by atomic mass is 10.0. The van der Waals surface area contributed by atoms with Crippen molar-refractivity contribution in [2.75, 3.05) is 18.2 Å². The molecular formula is C22H21NO5S. The van der Waals surface area contributed by atoms with Gasteiger partial charge >= 0.3 is 0 Å². The number of ketones is 1. The number of fused-ring (bicyclic) bond motifs is 3. The van der Waals surface area contributed by atoms with Gasteiger partial charge in [-0.3, -0.25) is 9.69 Å². The zero-order valence-corrected chi connectivity index (χ0v) is 16.9. The first kappa shape index (κ1) is 18.4. The van der Waals surface area contributed by atoms with Crippen molar-refractivity contribution >= 4 is 21.7 Å². The standard InChI is InChI=1S/C22H21NO5S/c1-14-4-2-3-5-15(14)10-20-21(24)17-6-7-19-18(22(17)28-20)11-23(13-27-19)16-8-9-29(25,26)12-16/h2-7,10,16H,8-9,11-13H2,1H3. The Labute approximate surface area is 169 Å². The van der Waals surface area contributed by atoms with Crippen LogP contribution in [0.4, 0.5) is 0 Å². The predicted molar refractivity (Wildman–Crippen MR) is 109 cm³/mol. The molecule has 1 saturated heterocycles. The molecule has 0 amide bonds. The van der Waals surface area contributed by atoms with Gasteiger partial charge in [-0.05, 0) is 42.7 Å². The van der Waals surface area contributed by atoms with Crippen molar-refractivity contribution in [1.82, 2.24) is 4.90 Å². The van der Waals surface area contributed by atoms with E-state index in [4.69, 9.17) is 9.47 Å². The molecule has 0 aromatic heterocycles. The molecule has 0 N–H and O–H groups in total. The smallest absolute Gasteiger partial charge is 0.231 e. The second kappa shape index (κ2) is 6.71. The first-order valence-corrected chi connectivity index (χ1v) is 11.5. The third-order valence-corrected chi connectivity index (χ3v) is 7.60. The minimum absolute atomic E-state index is 0.0666. The maximum Gasteiger partial charge on any atom is 0.231 e. The van der Waals surface area contributed by atoms with E-state index >= 15 is 0 Å². The number of benzene rings is 2. The average Bonchev–Trinajstić information content (AvgIpc) is 3.23. The third kappa shape index (κ3) is 3.24. The highest BCUT2D eigenvalue weighted by atomic mass is 32.2. The summed E-state index contributed by atoms with van der Waals surface area (Å²) in [5, 5.41) is 0. The number of allylic oxidation sites excluding steroid dienone is 1. The number of aryl methyl sites for hydroxylation is 1. The van der Waals surface area contributed by atoms with Crippen LogP contribution in [-0.2, 0) is 16.4 Å². The van der Waals surface area contributed by atoms with Gasteiger partial charge in [0, 0.05) is 12.6 Å². The number of hydrogen-bond acceptors (Lipinski definition) is 6. The molecule has 0 radical (unpaired) electrons. The maximum atomic E-state index is 12.9. The van der Waals surface area contributed by atoms with Crippen molar-refractivity contribution in [2.45, 2.75) is 25.9 Å². The van der Waals surface area contributed by atoms with Gasteiger partial charge in [0.15, 0.2) is 15.6 Å². The van der Waals surface area contributed by atoms with Crippen LogP contribution < -0.4 is 9.47 Å². The van der Waals surface area contributed by atoms with E-state index in [1.54, 1.807) is 18.2 Å². The topological polar surface area (TPSA) is 72.9 Å². The molecule has 0 aliphatic carbocycles. The molecule has 2 aromatic carbocycles. The molecule has 5 rings (SSSR count). The Kier molecular flexibility index (Phi) is 4.26. The molecular weight excluding hydrogens is 390 g/mol. The van der Waals surface area contributed by atoms with Crippen LogP contribution in [0.15, 0.2) is 42.2 Å². The zero-order valence-electron chi connectivity index (χ0n) is 16.1. The number of Topliss-reactive ketones (excluding diaryl/α,β-unsaturated/α-hetero) is 1. The number of rotatable bonds is 2. The Balaban J connectivity index is 1.47. The molecule has 1 fully saturated rings. The molecule has 3 aliphatic rings. The Morgan fingerprint density at radius 1 is 1.17 bits per heavy atom. The molecule has 29 heavy (non-hydrogen) atoms. The Hall–Kier alpha value is -2.64. The van der Waals surface area contributed by atoms with Crippen molar-refractivity contribution in [3.05, 3.63) is 64.4 Å². The maximum absolute atomic E-state index is 12.9. The van der Waals surface area contributed by atoms with Crippen molar-refractivity contribution in [3.8, 4) is 11.5 Å². The van der Waals surface area contributed by atoms with E-state index in [1.165, 1.54) is 0 Å². The minimum atomic E-state index is -2.98. The number of hydrogen-bond donors (Lipinski definition) is 0. The Bertz CT molecular complexity index is 1150. The van der Waals surface area contributed by atoms with Crippen LogP contribution in [0.1, 0.15) is 33.5 Å². The Morgan fingerprint density at radius 2 is 2.00 bits per heavy atom. The quantitative estimate of drug-likeness (QED) is 0.708. The molecule has 1 atom stereocenters. The van der Waals surface area contributed by atoms with Gasteiger partial charge in [-0.15, -0.1) is 0 Å². The van der Waals surface area contributed by atoms with E-state index in [1.807, 2.05) is 36.1 Å². The fourth-order valence-corrected chi connectivity index (χ4v) is 5.92. The summed E-state index contributed by atoms with van der Waals surface area (Å²) in [4.78, 5) is 14.9. The first-order valence-electron chi connectivity index (χ1n) is 9.64. The van der Waals surface area contributed by atoms with E-state index in [0.717, 1.165) is 16.7 Å². The van der Waals surface area contributed by atoms with Crippen LogP contribution in [0, 0.1) is 6.92 Å². The molecule has 0 spiro atoms. The van der Waals surface area contributed by atoms with E-state index in [-0.39, 0.29) is 23.3 Å². The SMILES string of the molecule is Cc1ccccc1C=C1Oc2c(ccc3c2CN(C2CCS(=O)(=O)C2)CO3)C1=O. The van der Waals surface area contributed by atoms with E-state index in [9.17, 15) is 13.2 Å². The fraction of sp³-hybridized carbons (Fsp3) is 0.318. The second-order valence-electron chi connectivity index (χ2n) is 7.79. The van der Waals surface area contributed by atoms with Crippen LogP contribution in [0.3, 0.4) is 0 Å². The van der Waals surface area contributed by atoms with Crippen molar-refractivity contribution in [3.63, 3.8) is 0 Å². The van der Waals surface area contributed by atoms with Crippen LogP contribution in [-0.4, -0.2) is 43.4 Å². The number of carbonyl (C=O) groups is 1. The molecule has 6 nitrogen and oxygen atoms in total. The van der Waals surface area contributed by atoms with E-state index < -0.39 is 9.84 Å². The summed E-state index contributed by atoms with van der Waals surface area (Å²) in [6.07, 6.45) is 2.38. The third-order valence-electron chi connectivity index (χ3n) is 5.84. The molecule has 3 aliphatic heterocycles. The average molecular weight is 411 g/mol. The van der Waals surface area contributed by atoms with Gasteiger partial charge < -0.3 is 9.47 Å². The molecule has 2 aromatic rings. The van der Waals surface area contributed by atoms with Crippen LogP contribution >= 0.6 is 0 Å². The summed E-state index contributed by atoms with van der Waals surface area (Å²) >= 11 is 0. The van der Waals surface area contributed by atoms with Gasteiger partial charge in [0.05, 0.1) is 22.6 Å². The monoisotopic (exact) mass is 411 g/mol. The van der Waals surface area contributed by atoms with Gasteiger partial charge in [-0.2, -0.15) is 0 Å². The lowest BCUT2D eigenvalue weighted by molar-refractivity contribution is 0.0634. The molecule has 0 bridgehead atoms. The lowest BCUT2D eigenvalue weighted by Gasteiger charge is -2.33. The van der Waals surface area contributed by atoms with E-state index in [0.29, 0.717) is 42.5 Å².